The average Bonchev–Trinajstić information content (AvgIpc) is 2.54. The fourth-order valence-corrected chi connectivity index (χ4v) is 13.9. The van der Waals surface area contributed by atoms with Crippen LogP contribution in [0.25, 0.3) is 89.6 Å². The van der Waals surface area contributed by atoms with Gasteiger partial charge in [-0.05, 0) is 205 Å². The number of benzene rings is 11. The van der Waals surface area contributed by atoms with Gasteiger partial charge in [-0.2, -0.15) is 0 Å². The van der Waals surface area contributed by atoms with E-state index in [-0.39, 0.29) is 16.2 Å². The number of anilines is 6. The van der Waals surface area contributed by atoms with Gasteiger partial charge in [0.1, 0.15) is 11.0 Å². The molecule has 13 aromatic rings. The molecule has 0 amide bonds. The maximum absolute atomic E-state index is 6.23. The molecule has 0 saturated carbocycles. The van der Waals surface area contributed by atoms with Crippen molar-refractivity contribution in [2.45, 2.75) is 57.8 Å². The molecule has 6 heteroatoms. The number of aromatic nitrogens is 2. The third-order valence-corrected chi connectivity index (χ3v) is 18.4. The van der Waals surface area contributed by atoms with Crippen molar-refractivity contribution in [2.24, 2.45) is 0 Å². The molecule has 0 unspecified atom stereocenters. The van der Waals surface area contributed by atoms with Crippen LogP contribution in [0, 0.1) is 0 Å². The molecular weight excluding hydrogens is 1010 g/mol. The van der Waals surface area contributed by atoms with Crippen LogP contribution in [-0.2, 0) is 16.2 Å². The fourth-order valence-electron chi connectivity index (χ4n) is 13.9. The Hall–Kier alpha value is -10.0. The van der Waals surface area contributed by atoms with Crippen LogP contribution in [0.4, 0.5) is 34.1 Å². The van der Waals surface area contributed by atoms with Gasteiger partial charge in [-0.3, -0.25) is 0 Å². The zero-order chi connectivity index (χ0) is 55.9. The summed E-state index contributed by atoms with van der Waals surface area (Å²) in [6.07, 6.45) is 0. The van der Waals surface area contributed by atoms with Crippen molar-refractivity contribution >= 4 is 56.3 Å². The lowest BCUT2D eigenvalue weighted by Gasteiger charge is -2.30. The summed E-state index contributed by atoms with van der Waals surface area (Å²) < 4.78 is 12.4. The predicted molar refractivity (Wildman–Crippen MR) is 340 cm³/mol. The smallest absolute Gasteiger partial charge is 0.227 e. The summed E-state index contributed by atoms with van der Waals surface area (Å²) in [4.78, 5) is 14.4. The molecule has 398 valence electrons. The van der Waals surface area contributed by atoms with Gasteiger partial charge < -0.3 is 18.6 Å². The van der Waals surface area contributed by atoms with Gasteiger partial charge in [0, 0.05) is 61.5 Å². The Labute approximate surface area is 483 Å². The highest BCUT2D eigenvalue weighted by Crippen LogP contribution is 2.55. The highest BCUT2D eigenvalue weighted by atomic mass is 16.4. The van der Waals surface area contributed by atoms with E-state index >= 15 is 0 Å². The Kier molecular flexibility index (Phi) is 10.6. The Morgan fingerprint density at radius 3 is 0.988 bits per heavy atom. The van der Waals surface area contributed by atoms with Gasteiger partial charge in [0.25, 0.3) is 0 Å². The van der Waals surface area contributed by atoms with Crippen LogP contribution < -0.4 is 9.80 Å². The van der Waals surface area contributed by atoms with E-state index < -0.39 is 0 Å². The first-order valence-corrected chi connectivity index (χ1v) is 28.8. The maximum atomic E-state index is 6.23. The van der Waals surface area contributed by atoms with E-state index in [1.54, 1.807) is 0 Å². The summed E-state index contributed by atoms with van der Waals surface area (Å²) in [7, 11) is 0. The van der Waals surface area contributed by atoms with Crippen molar-refractivity contribution in [3.05, 3.63) is 276 Å². The molecule has 2 heterocycles. The molecule has 6 nitrogen and oxygen atoms in total. The fraction of sp³-hybridized carbons (Fsp3) is 0.117. The zero-order valence-corrected chi connectivity index (χ0v) is 47.2. The second kappa shape index (κ2) is 18.0. The number of hydrogen-bond acceptors (Lipinski definition) is 6. The van der Waals surface area contributed by atoms with Gasteiger partial charge in [-0.1, -0.05) is 157 Å². The number of rotatable bonds is 9. The number of hydrogen-bond donors (Lipinski definition) is 0. The van der Waals surface area contributed by atoms with Gasteiger partial charge in [0.15, 0.2) is 11.2 Å². The first kappa shape index (κ1) is 48.8. The van der Waals surface area contributed by atoms with E-state index in [4.69, 9.17) is 18.8 Å². The molecule has 0 aliphatic heterocycles. The summed E-state index contributed by atoms with van der Waals surface area (Å²) in [5, 5.41) is 0. The lowest BCUT2D eigenvalue weighted by Crippen LogP contribution is -2.18. The van der Waals surface area contributed by atoms with Crippen LogP contribution in [0.3, 0.4) is 0 Å². The summed E-state index contributed by atoms with van der Waals surface area (Å²) in [6, 6.07) is 88.0. The summed E-state index contributed by atoms with van der Waals surface area (Å²) in [6.45, 7) is 14.2. The molecule has 0 N–H and O–H groups in total. The molecule has 83 heavy (non-hydrogen) atoms. The van der Waals surface area contributed by atoms with Crippen molar-refractivity contribution in [1.29, 1.82) is 0 Å². The van der Waals surface area contributed by atoms with Crippen molar-refractivity contribution in [2.75, 3.05) is 9.80 Å². The van der Waals surface area contributed by atoms with Crippen molar-refractivity contribution in [1.82, 2.24) is 9.97 Å². The minimum absolute atomic E-state index is 0.147. The molecule has 11 aromatic carbocycles. The predicted octanol–water partition coefficient (Wildman–Crippen LogP) is 20.8. The number of fused-ring (bicyclic) bond motifs is 11. The van der Waals surface area contributed by atoms with Crippen LogP contribution in [0.15, 0.2) is 251 Å². The average molecular weight is 1070 g/mol. The van der Waals surface area contributed by atoms with Crippen LogP contribution in [0.2, 0.25) is 0 Å². The van der Waals surface area contributed by atoms with Crippen molar-refractivity contribution in [3.63, 3.8) is 0 Å². The van der Waals surface area contributed by atoms with Gasteiger partial charge in [0.05, 0.1) is 0 Å². The molecule has 0 radical (unpaired) electrons. The molecule has 3 aliphatic carbocycles. The third kappa shape index (κ3) is 7.55. The molecule has 0 spiro atoms. The minimum Gasteiger partial charge on any atom is -0.436 e. The largest absolute Gasteiger partial charge is 0.436 e. The molecule has 0 bridgehead atoms. The Morgan fingerprint density at radius 2 is 0.566 bits per heavy atom. The molecule has 0 atom stereocenters. The van der Waals surface area contributed by atoms with Crippen molar-refractivity contribution in [3.8, 4) is 67.4 Å². The van der Waals surface area contributed by atoms with Crippen LogP contribution in [0.1, 0.15) is 74.9 Å². The molecule has 3 aliphatic rings. The van der Waals surface area contributed by atoms with Crippen molar-refractivity contribution < 1.29 is 8.83 Å². The highest BCUT2D eigenvalue weighted by molar-refractivity contribution is 5.91. The second-order valence-electron chi connectivity index (χ2n) is 24.2. The Morgan fingerprint density at radius 1 is 0.265 bits per heavy atom. The number of oxazole rings is 2. The van der Waals surface area contributed by atoms with E-state index in [2.05, 4.69) is 245 Å². The number of nitrogens with zero attached hydrogens (tertiary/aromatic N) is 4. The van der Waals surface area contributed by atoms with E-state index in [9.17, 15) is 0 Å². The SMILES string of the molecule is CC1(C)c2ccccc2-c2ccc(N(c3ccc(-c4ccc5c(c4)C(C)(C)c4cc(N(c6ccc(-c7nc8ccccc8o7)cc6)c6ccc7c(c6)C(C)(C)c6ccccc6-7)ccc4-5)cc3)c3ccc(-c4nc5ccccc5o4)cc3)cc21. The van der Waals surface area contributed by atoms with Gasteiger partial charge in [-0.25, -0.2) is 9.97 Å². The van der Waals surface area contributed by atoms with Gasteiger partial charge in [0.2, 0.25) is 11.8 Å². The lowest BCUT2D eigenvalue weighted by atomic mass is 9.81. The van der Waals surface area contributed by atoms with Crippen LogP contribution in [0.5, 0.6) is 0 Å². The Bertz CT molecular complexity index is 4700. The van der Waals surface area contributed by atoms with E-state index in [0.29, 0.717) is 11.8 Å². The number of para-hydroxylation sites is 4. The molecule has 0 fully saturated rings. The Balaban J connectivity index is 0.746. The molecule has 0 saturated heterocycles. The summed E-state index contributed by atoms with van der Waals surface area (Å²) in [5.74, 6) is 1.22. The molecular formula is C77H58N4O2. The summed E-state index contributed by atoms with van der Waals surface area (Å²) in [5.41, 5.74) is 29.1. The van der Waals surface area contributed by atoms with Gasteiger partial charge >= 0.3 is 0 Å². The normalized spacial score (nSPS) is 14.4. The summed E-state index contributed by atoms with van der Waals surface area (Å²) >= 11 is 0. The van der Waals surface area contributed by atoms with Crippen LogP contribution in [-0.4, -0.2) is 9.97 Å². The lowest BCUT2D eigenvalue weighted by molar-refractivity contribution is 0.619. The molecule has 2 aromatic heterocycles. The monoisotopic (exact) mass is 1070 g/mol. The van der Waals surface area contributed by atoms with E-state index in [0.717, 1.165) is 73.0 Å². The quantitative estimate of drug-likeness (QED) is 0.144. The minimum atomic E-state index is -0.289. The van der Waals surface area contributed by atoms with Crippen LogP contribution >= 0.6 is 0 Å². The second-order valence-corrected chi connectivity index (χ2v) is 24.2. The highest BCUT2D eigenvalue weighted by Gasteiger charge is 2.39. The maximum Gasteiger partial charge on any atom is 0.227 e. The zero-order valence-electron chi connectivity index (χ0n) is 47.2. The third-order valence-electron chi connectivity index (χ3n) is 18.4. The van der Waals surface area contributed by atoms with E-state index in [1.807, 2.05) is 48.5 Å². The van der Waals surface area contributed by atoms with E-state index in [1.165, 1.54) is 72.3 Å². The molecule has 16 rings (SSSR count). The first-order valence-electron chi connectivity index (χ1n) is 28.8. The first-order chi connectivity index (χ1) is 40.4. The van der Waals surface area contributed by atoms with Gasteiger partial charge in [-0.15, -0.1) is 0 Å². The standard InChI is InChI=1S/C77H58N4O2/c1-75(2)63-17-9-7-15-57(63)60-40-36-54(44-66(60)75)80(52-32-25-48(26-33-52)73-78-69-19-11-13-21-71(69)82-73)51-30-23-47(24-31-51)50-29-39-59-62-42-38-56(46-68(62)77(5,6)65(59)43-50)81(53-34-27-49(28-35-53)74-79-70-20-12-14-22-72(70)83-74)55-37-41-61-58-16-8-10-18-64(58)76(3,4)67(61)45-55/h7-46H,1-6H3. The topological polar surface area (TPSA) is 58.5 Å².